The van der Waals surface area contributed by atoms with E-state index in [1.807, 2.05) is 18.2 Å². The first-order chi connectivity index (χ1) is 14.2. The van der Waals surface area contributed by atoms with Crippen LogP contribution in [0.25, 0.3) is 17.5 Å². The number of carbonyl (C=O) groups is 1. The van der Waals surface area contributed by atoms with Crippen molar-refractivity contribution < 1.29 is 28.3 Å². The van der Waals surface area contributed by atoms with Crippen LogP contribution in [-0.4, -0.2) is 36.4 Å². The minimum absolute atomic E-state index is 0.118. The normalized spacial score (nSPS) is 12.7. The quantitative estimate of drug-likeness (QED) is 0.465. The Balaban J connectivity index is 1.32. The van der Waals surface area contributed by atoms with E-state index in [0.717, 1.165) is 16.9 Å². The summed E-state index contributed by atoms with van der Waals surface area (Å²) >= 11 is 0. The number of aromatic nitrogens is 2. The van der Waals surface area contributed by atoms with Gasteiger partial charge in [0.2, 0.25) is 5.82 Å². The molecular formula is C21H18N2O6. The van der Waals surface area contributed by atoms with E-state index in [2.05, 4.69) is 10.1 Å². The Hall–Kier alpha value is -3.81. The predicted octanol–water partition coefficient (Wildman–Crippen LogP) is 3.27. The second kappa shape index (κ2) is 8.47. The molecule has 1 aliphatic heterocycles. The maximum absolute atomic E-state index is 12.0. The zero-order valence-corrected chi connectivity index (χ0v) is 15.7. The van der Waals surface area contributed by atoms with Crippen LogP contribution in [-0.2, 0) is 16.1 Å². The van der Waals surface area contributed by atoms with Gasteiger partial charge in [0.25, 0.3) is 5.89 Å². The van der Waals surface area contributed by atoms with Gasteiger partial charge < -0.3 is 23.5 Å². The molecule has 0 atom stereocenters. The summed E-state index contributed by atoms with van der Waals surface area (Å²) in [5, 5.41) is 3.89. The van der Waals surface area contributed by atoms with Crippen molar-refractivity contribution >= 4 is 12.0 Å². The number of fused-ring (bicyclic) bond motifs is 1. The van der Waals surface area contributed by atoms with Crippen molar-refractivity contribution in [2.45, 2.75) is 6.61 Å². The van der Waals surface area contributed by atoms with Crippen LogP contribution in [0.1, 0.15) is 11.5 Å². The van der Waals surface area contributed by atoms with E-state index in [-0.39, 0.29) is 12.5 Å². The molecule has 0 bridgehead atoms. The summed E-state index contributed by atoms with van der Waals surface area (Å²) in [6.45, 7) is 0.919. The number of methoxy groups -OCH3 is 1. The minimum atomic E-state index is -0.524. The molecule has 0 spiro atoms. The molecule has 0 unspecified atom stereocenters. The van der Waals surface area contributed by atoms with Gasteiger partial charge in [0.05, 0.1) is 7.11 Å². The van der Waals surface area contributed by atoms with Crippen molar-refractivity contribution in [2.24, 2.45) is 0 Å². The molecule has 2 heterocycles. The maximum atomic E-state index is 12.0. The molecule has 0 radical (unpaired) electrons. The van der Waals surface area contributed by atoms with Crippen molar-refractivity contribution in [1.82, 2.24) is 10.1 Å². The largest absolute Gasteiger partial charge is 0.497 e. The smallest absolute Gasteiger partial charge is 0.331 e. The monoisotopic (exact) mass is 394 g/mol. The van der Waals surface area contributed by atoms with Crippen LogP contribution in [0.4, 0.5) is 0 Å². The lowest BCUT2D eigenvalue weighted by atomic mass is 10.2. The molecule has 2 aromatic carbocycles. The molecule has 3 aromatic rings. The molecule has 0 aliphatic carbocycles. The standard InChI is InChI=1S/C21H18N2O6/c1-25-16-6-4-15(5-7-16)21-22-19(29-23-21)13-28-20(24)9-3-14-2-8-17-18(12-14)27-11-10-26-17/h2-9,12H,10-11,13H2,1H3/b9-3+. The third-order valence-corrected chi connectivity index (χ3v) is 4.13. The number of hydrogen-bond acceptors (Lipinski definition) is 8. The van der Waals surface area contributed by atoms with Crippen molar-refractivity contribution in [1.29, 1.82) is 0 Å². The highest BCUT2D eigenvalue weighted by Gasteiger charge is 2.12. The molecule has 4 rings (SSSR count). The summed E-state index contributed by atoms with van der Waals surface area (Å²) in [6, 6.07) is 12.7. The molecule has 0 N–H and O–H groups in total. The van der Waals surface area contributed by atoms with Crippen molar-refractivity contribution in [3.63, 3.8) is 0 Å². The van der Waals surface area contributed by atoms with Gasteiger partial charge in [-0.2, -0.15) is 4.98 Å². The number of carbonyl (C=O) groups excluding carboxylic acids is 1. The van der Waals surface area contributed by atoms with Crippen LogP contribution in [0, 0.1) is 0 Å². The predicted molar refractivity (Wildman–Crippen MR) is 103 cm³/mol. The number of rotatable bonds is 6. The summed E-state index contributed by atoms with van der Waals surface area (Å²) < 4.78 is 26.4. The van der Waals surface area contributed by atoms with Crippen LogP contribution >= 0.6 is 0 Å². The Kier molecular flexibility index (Phi) is 5.42. The topological polar surface area (TPSA) is 92.9 Å². The first-order valence-corrected chi connectivity index (χ1v) is 8.93. The third-order valence-electron chi connectivity index (χ3n) is 4.13. The van der Waals surface area contributed by atoms with Gasteiger partial charge in [-0.1, -0.05) is 11.2 Å². The first-order valence-electron chi connectivity index (χ1n) is 8.93. The maximum Gasteiger partial charge on any atom is 0.331 e. The summed E-state index contributed by atoms with van der Waals surface area (Å²) in [4.78, 5) is 16.2. The van der Waals surface area contributed by atoms with Crippen LogP contribution in [0.2, 0.25) is 0 Å². The fourth-order valence-corrected chi connectivity index (χ4v) is 2.68. The van der Waals surface area contributed by atoms with E-state index in [4.69, 9.17) is 23.5 Å². The highest BCUT2D eigenvalue weighted by Crippen LogP contribution is 2.31. The number of ether oxygens (including phenoxy) is 4. The Morgan fingerprint density at radius 3 is 2.69 bits per heavy atom. The summed E-state index contributed by atoms with van der Waals surface area (Å²) in [5.74, 6) is 2.17. The minimum Gasteiger partial charge on any atom is -0.497 e. The number of benzene rings is 2. The molecule has 0 saturated heterocycles. The second-order valence-corrected chi connectivity index (χ2v) is 6.08. The van der Waals surface area contributed by atoms with Crippen LogP contribution in [0.15, 0.2) is 53.1 Å². The molecule has 8 heteroatoms. The van der Waals surface area contributed by atoms with Crippen molar-refractivity contribution in [3.8, 4) is 28.6 Å². The SMILES string of the molecule is COc1ccc(-c2noc(COC(=O)/C=C/c3ccc4c(c3)OCCO4)n2)cc1. The third kappa shape index (κ3) is 4.55. The second-order valence-electron chi connectivity index (χ2n) is 6.08. The lowest BCUT2D eigenvalue weighted by Gasteiger charge is -2.18. The zero-order valence-electron chi connectivity index (χ0n) is 15.7. The van der Waals surface area contributed by atoms with E-state index in [0.29, 0.717) is 30.5 Å². The van der Waals surface area contributed by atoms with Gasteiger partial charge in [-0.15, -0.1) is 0 Å². The van der Waals surface area contributed by atoms with E-state index in [9.17, 15) is 4.79 Å². The fraction of sp³-hybridized carbons (Fsp3) is 0.190. The summed E-state index contributed by atoms with van der Waals surface area (Å²) in [5.41, 5.74) is 1.57. The lowest BCUT2D eigenvalue weighted by molar-refractivity contribution is -0.139. The molecule has 0 saturated carbocycles. The van der Waals surface area contributed by atoms with Gasteiger partial charge in [-0.25, -0.2) is 4.79 Å². The van der Waals surface area contributed by atoms with Gasteiger partial charge >= 0.3 is 5.97 Å². The van der Waals surface area contributed by atoms with Gasteiger partial charge in [-0.05, 0) is 48.0 Å². The van der Waals surface area contributed by atoms with Gasteiger partial charge in [0.1, 0.15) is 19.0 Å². The van der Waals surface area contributed by atoms with E-state index >= 15 is 0 Å². The number of nitrogens with zero attached hydrogens (tertiary/aromatic N) is 2. The Morgan fingerprint density at radius 2 is 1.90 bits per heavy atom. The molecule has 148 valence electrons. The first kappa shape index (κ1) is 18.5. The molecule has 1 aromatic heterocycles. The molecule has 1 aliphatic rings. The van der Waals surface area contributed by atoms with Gasteiger partial charge in [0, 0.05) is 11.6 Å². The Bertz CT molecular complexity index is 1030. The van der Waals surface area contributed by atoms with Gasteiger partial charge in [0.15, 0.2) is 18.1 Å². The fourth-order valence-electron chi connectivity index (χ4n) is 2.68. The molecular weight excluding hydrogens is 376 g/mol. The van der Waals surface area contributed by atoms with Crippen molar-refractivity contribution in [3.05, 3.63) is 60.0 Å². The summed E-state index contributed by atoms with van der Waals surface area (Å²) in [7, 11) is 1.60. The van der Waals surface area contributed by atoms with Crippen LogP contribution < -0.4 is 14.2 Å². The highest BCUT2D eigenvalue weighted by molar-refractivity contribution is 5.87. The van der Waals surface area contributed by atoms with Crippen LogP contribution in [0.5, 0.6) is 17.2 Å². The number of hydrogen-bond donors (Lipinski definition) is 0. The molecule has 8 nitrogen and oxygen atoms in total. The van der Waals surface area contributed by atoms with E-state index in [1.165, 1.54) is 6.08 Å². The Morgan fingerprint density at radius 1 is 1.10 bits per heavy atom. The molecule has 0 fully saturated rings. The van der Waals surface area contributed by atoms with E-state index in [1.54, 1.807) is 37.5 Å². The van der Waals surface area contributed by atoms with E-state index < -0.39 is 5.97 Å². The van der Waals surface area contributed by atoms with Crippen LogP contribution in [0.3, 0.4) is 0 Å². The zero-order chi connectivity index (χ0) is 20.1. The highest BCUT2D eigenvalue weighted by atomic mass is 16.6. The average molecular weight is 394 g/mol. The molecule has 0 amide bonds. The average Bonchev–Trinajstić information content (AvgIpc) is 3.25. The van der Waals surface area contributed by atoms with Gasteiger partial charge in [-0.3, -0.25) is 0 Å². The lowest BCUT2D eigenvalue weighted by Crippen LogP contribution is -2.15. The Labute approximate surface area is 166 Å². The molecule has 29 heavy (non-hydrogen) atoms. The van der Waals surface area contributed by atoms with Crippen molar-refractivity contribution in [2.75, 3.05) is 20.3 Å². The summed E-state index contributed by atoms with van der Waals surface area (Å²) in [6.07, 6.45) is 2.96. The number of esters is 1.